The van der Waals surface area contributed by atoms with Crippen molar-refractivity contribution in [3.63, 3.8) is 0 Å². The van der Waals surface area contributed by atoms with Gasteiger partial charge in [0.25, 0.3) is 0 Å². The highest BCUT2D eigenvalue weighted by atomic mass is 15.2. The van der Waals surface area contributed by atoms with E-state index in [-0.39, 0.29) is 0 Å². The molecule has 0 saturated heterocycles. The van der Waals surface area contributed by atoms with Crippen molar-refractivity contribution in [1.29, 1.82) is 0 Å². The van der Waals surface area contributed by atoms with E-state index < -0.39 is 0 Å². The Morgan fingerprint density at radius 1 is 0.279 bits per heavy atom. The number of nitrogens with zero attached hydrogens (tertiary/aromatic N) is 2. The maximum absolute atomic E-state index is 2.47. The molecular formula is C59H42N2. The Balaban J connectivity index is 0.971. The molecule has 61 heavy (non-hydrogen) atoms. The van der Waals surface area contributed by atoms with E-state index in [0.717, 1.165) is 23.5 Å². The predicted octanol–water partition coefficient (Wildman–Crippen LogP) is 16.4. The van der Waals surface area contributed by atoms with Gasteiger partial charge in [-0.2, -0.15) is 0 Å². The fraction of sp³-hybridized carbons (Fsp3) is 0.0169. The molecular weight excluding hydrogens is 737 g/mol. The fourth-order valence-corrected chi connectivity index (χ4v) is 9.00. The van der Waals surface area contributed by atoms with E-state index >= 15 is 0 Å². The lowest BCUT2D eigenvalue weighted by Crippen LogP contribution is -2.19. The highest BCUT2D eigenvalue weighted by molar-refractivity contribution is 6.01. The second kappa shape index (κ2) is 15.7. The summed E-state index contributed by atoms with van der Waals surface area (Å²) >= 11 is 0. The van der Waals surface area contributed by atoms with Crippen LogP contribution in [0.25, 0.3) is 55.3 Å². The van der Waals surface area contributed by atoms with Crippen LogP contribution in [-0.4, -0.2) is 0 Å². The molecule has 0 radical (unpaired) electrons. The number of benzene rings is 10. The highest BCUT2D eigenvalue weighted by Crippen LogP contribution is 2.48. The minimum atomic E-state index is 0.851. The van der Waals surface area contributed by atoms with Gasteiger partial charge in [0, 0.05) is 40.2 Å². The van der Waals surface area contributed by atoms with E-state index in [1.807, 2.05) is 0 Å². The molecule has 0 aliphatic carbocycles. The zero-order chi connectivity index (χ0) is 40.5. The lowest BCUT2D eigenvalue weighted by atomic mass is 9.89. The van der Waals surface area contributed by atoms with E-state index in [1.165, 1.54) is 83.5 Å². The van der Waals surface area contributed by atoms with Gasteiger partial charge in [-0.1, -0.05) is 176 Å². The number of anilines is 6. The number of hydrogen-bond donors (Lipinski definition) is 0. The monoisotopic (exact) mass is 778 g/mol. The zero-order valence-corrected chi connectivity index (χ0v) is 33.7. The quantitative estimate of drug-likeness (QED) is 0.152. The molecule has 0 saturated carbocycles. The summed E-state index contributed by atoms with van der Waals surface area (Å²) in [6.45, 7) is 0. The molecule has 1 aliphatic heterocycles. The standard InChI is InChI=1S/C59H42N2/c1-4-13-42(14-5-1)45-23-31-53(32-24-45)60(54-33-25-46(26-34-54)43-15-6-2-7-16-43)55-35-27-47(28-36-55)50-30-38-58-52(40-50)41-51-39-49(44-17-8-3-9-18-44)29-37-57(51)61(58)59-22-12-20-48-19-10-11-21-56(48)59/h1-40H,41H2. The molecule has 2 nitrogen and oxygen atoms in total. The summed E-state index contributed by atoms with van der Waals surface area (Å²) in [7, 11) is 0. The van der Waals surface area contributed by atoms with Crippen LogP contribution in [0, 0.1) is 0 Å². The SMILES string of the molecule is c1ccc(-c2ccc(N(c3ccc(-c4ccccc4)cc3)c3ccc(-c4ccc5c(c4)Cc4cc(-c6ccccc6)ccc4N5c4cccc5ccccc45)cc3)cc2)cc1. The van der Waals surface area contributed by atoms with Crippen LogP contribution in [0.3, 0.4) is 0 Å². The van der Waals surface area contributed by atoms with Crippen LogP contribution in [0.4, 0.5) is 34.1 Å². The lowest BCUT2D eigenvalue weighted by Gasteiger charge is -2.35. The molecule has 0 fully saturated rings. The topological polar surface area (TPSA) is 6.48 Å². The fourth-order valence-electron chi connectivity index (χ4n) is 9.00. The Labute approximate surface area is 357 Å². The zero-order valence-electron chi connectivity index (χ0n) is 33.7. The van der Waals surface area contributed by atoms with Gasteiger partial charge in [-0.05, 0) is 128 Å². The number of fused-ring (bicyclic) bond motifs is 3. The molecule has 0 atom stereocenters. The van der Waals surface area contributed by atoms with E-state index in [4.69, 9.17) is 0 Å². The summed E-state index contributed by atoms with van der Waals surface area (Å²) in [6.07, 6.45) is 0.851. The molecule has 0 unspecified atom stereocenters. The maximum Gasteiger partial charge on any atom is 0.0540 e. The second-order valence-corrected chi connectivity index (χ2v) is 15.8. The van der Waals surface area contributed by atoms with Gasteiger partial charge in [-0.15, -0.1) is 0 Å². The minimum absolute atomic E-state index is 0.851. The average Bonchev–Trinajstić information content (AvgIpc) is 3.34. The first-order valence-electron chi connectivity index (χ1n) is 21.0. The van der Waals surface area contributed by atoms with Gasteiger partial charge in [0.15, 0.2) is 0 Å². The highest BCUT2D eigenvalue weighted by Gasteiger charge is 2.26. The van der Waals surface area contributed by atoms with Crippen LogP contribution in [0.1, 0.15) is 11.1 Å². The third kappa shape index (κ3) is 6.94. The summed E-state index contributed by atoms with van der Waals surface area (Å²) in [5.74, 6) is 0. The van der Waals surface area contributed by atoms with Crippen molar-refractivity contribution in [3.8, 4) is 44.5 Å². The van der Waals surface area contributed by atoms with Crippen molar-refractivity contribution in [2.24, 2.45) is 0 Å². The Bertz CT molecular complexity index is 3030. The van der Waals surface area contributed by atoms with Crippen LogP contribution < -0.4 is 9.80 Å². The Morgan fingerprint density at radius 2 is 0.639 bits per heavy atom. The van der Waals surface area contributed by atoms with Gasteiger partial charge in [0.2, 0.25) is 0 Å². The summed E-state index contributed by atoms with van der Waals surface area (Å²) in [5, 5.41) is 2.48. The molecule has 10 aromatic carbocycles. The molecule has 0 amide bonds. The predicted molar refractivity (Wildman–Crippen MR) is 258 cm³/mol. The normalized spacial score (nSPS) is 11.8. The van der Waals surface area contributed by atoms with Crippen LogP contribution in [0.5, 0.6) is 0 Å². The van der Waals surface area contributed by atoms with E-state index in [2.05, 4.69) is 252 Å². The van der Waals surface area contributed by atoms with Gasteiger partial charge >= 0.3 is 0 Å². The Kier molecular flexibility index (Phi) is 9.29. The molecule has 1 aliphatic rings. The number of hydrogen-bond acceptors (Lipinski definition) is 2. The molecule has 11 rings (SSSR count). The van der Waals surface area contributed by atoms with Crippen LogP contribution in [0.15, 0.2) is 243 Å². The van der Waals surface area contributed by atoms with Crippen LogP contribution >= 0.6 is 0 Å². The summed E-state index contributed by atoms with van der Waals surface area (Å²) in [6, 6.07) is 88.1. The molecule has 0 N–H and O–H groups in total. The minimum Gasteiger partial charge on any atom is -0.311 e. The molecule has 0 bridgehead atoms. The van der Waals surface area contributed by atoms with E-state index in [0.29, 0.717) is 0 Å². The van der Waals surface area contributed by atoms with E-state index in [1.54, 1.807) is 0 Å². The lowest BCUT2D eigenvalue weighted by molar-refractivity contribution is 1.09. The largest absolute Gasteiger partial charge is 0.311 e. The molecule has 0 aromatic heterocycles. The smallest absolute Gasteiger partial charge is 0.0540 e. The Hall–Kier alpha value is -7.94. The number of rotatable bonds is 8. The van der Waals surface area contributed by atoms with Gasteiger partial charge < -0.3 is 9.80 Å². The maximum atomic E-state index is 2.47. The molecule has 288 valence electrons. The van der Waals surface area contributed by atoms with Crippen LogP contribution in [0.2, 0.25) is 0 Å². The average molecular weight is 779 g/mol. The van der Waals surface area contributed by atoms with E-state index in [9.17, 15) is 0 Å². The molecule has 2 heteroatoms. The van der Waals surface area contributed by atoms with Gasteiger partial charge in [-0.25, -0.2) is 0 Å². The van der Waals surface area contributed by atoms with Gasteiger partial charge in [0.05, 0.1) is 5.69 Å². The van der Waals surface area contributed by atoms with Crippen molar-refractivity contribution < 1.29 is 0 Å². The van der Waals surface area contributed by atoms with Crippen molar-refractivity contribution in [2.45, 2.75) is 6.42 Å². The Morgan fingerprint density at radius 3 is 1.11 bits per heavy atom. The first kappa shape index (κ1) is 36.2. The summed E-state index contributed by atoms with van der Waals surface area (Å²) in [5.41, 5.74) is 19.3. The van der Waals surface area contributed by atoms with Gasteiger partial charge in [-0.3, -0.25) is 0 Å². The van der Waals surface area contributed by atoms with Crippen molar-refractivity contribution in [3.05, 3.63) is 254 Å². The third-order valence-electron chi connectivity index (χ3n) is 12.1. The third-order valence-corrected chi connectivity index (χ3v) is 12.1. The van der Waals surface area contributed by atoms with Crippen molar-refractivity contribution in [2.75, 3.05) is 9.80 Å². The molecule has 10 aromatic rings. The second-order valence-electron chi connectivity index (χ2n) is 15.8. The summed E-state index contributed by atoms with van der Waals surface area (Å²) in [4.78, 5) is 4.83. The molecule has 0 spiro atoms. The van der Waals surface area contributed by atoms with Gasteiger partial charge in [0.1, 0.15) is 0 Å². The van der Waals surface area contributed by atoms with Crippen molar-refractivity contribution in [1.82, 2.24) is 0 Å². The van der Waals surface area contributed by atoms with Crippen LogP contribution in [-0.2, 0) is 6.42 Å². The first-order chi connectivity index (χ1) is 30.2. The first-order valence-corrected chi connectivity index (χ1v) is 21.0. The van der Waals surface area contributed by atoms with Crippen molar-refractivity contribution >= 4 is 44.9 Å². The summed E-state index contributed by atoms with van der Waals surface area (Å²) < 4.78 is 0. The molecule has 1 heterocycles.